The van der Waals surface area contributed by atoms with Crippen LogP contribution in [0.4, 0.5) is 4.39 Å². The quantitative estimate of drug-likeness (QED) is 0.612. The maximum Gasteiger partial charge on any atom is 0.150 e. The third-order valence-corrected chi connectivity index (χ3v) is 3.83. The standard InChI is InChI=1S/C7H10FNO2S/c8-7-2-4-12(10,11)5-6(7)1-3-9/h6-7H,1-2,4-5H2/t6-,7+/m0/s1. The van der Waals surface area contributed by atoms with E-state index in [2.05, 4.69) is 0 Å². The lowest BCUT2D eigenvalue weighted by atomic mass is 10.0. The van der Waals surface area contributed by atoms with Crippen LogP contribution >= 0.6 is 0 Å². The van der Waals surface area contributed by atoms with Crippen molar-refractivity contribution in [2.45, 2.75) is 19.0 Å². The van der Waals surface area contributed by atoms with E-state index in [1.807, 2.05) is 0 Å². The summed E-state index contributed by atoms with van der Waals surface area (Å²) in [6.07, 6.45) is -1.07. The van der Waals surface area contributed by atoms with Crippen molar-refractivity contribution in [1.29, 1.82) is 5.26 Å². The molecule has 3 nitrogen and oxygen atoms in total. The minimum absolute atomic E-state index is 0.000394. The molecular weight excluding hydrogens is 181 g/mol. The minimum atomic E-state index is -3.08. The van der Waals surface area contributed by atoms with Crippen molar-refractivity contribution < 1.29 is 12.8 Å². The molecule has 0 amide bonds. The second-order valence-corrected chi connectivity index (χ2v) is 5.27. The normalized spacial score (nSPS) is 34.0. The third kappa shape index (κ3) is 2.18. The Balaban J connectivity index is 2.67. The van der Waals surface area contributed by atoms with E-state index in [9.17, 15) is 12.8 Å². The van der Waals surface area contributed by atoms with Crippen LogP contribution in [-0.4, -0.2) is 26.1 Å². The molecule has 1 aliphatic heterocycles. The minimum Gasteiger partial charge on any atom is -0.247 e. The molecule has 0 spiro atoms. The molecule has 1 heterocycles. The molecule has 5 heteroatoms. The van der Waals surface area contributed by atoms with E-state index in [1.165, 1.54) is 0 Å². The molecule has 1 rings (SSSR count). The topological polar surface area (TPSA) is 57.9 Å². The zero-order chi connectivity index (χ0) is 9.19. The van der Waals surface area contributed by atoms with Crippen LogP contribution in [0.25, 0.3) is 0 Å². The van der Waals surface area contributed by atoms with Gasteiger partial charge >= 0.3 is 0 Å². The van der Waals surface area contributed by atoms with Crippen molar-refractivity contribution in [3.63, 3.8) is 0 Å². The molecule has 0 N–H and O–H groups in total. The Morgan fingerprint density at radius 3 is 2.83 bits per heavy atom. The number of hydrogen-bond donors (Lipinski definition) is 0. The molecule has 2 atom stereocenters. The van der Waals surface area contributed by atoms with Gasteiger partial charge in [0.05, 0.1) is 17.6 Å². The van der Waals surface area contributed by atoms with Crippen molar-refractivity contribution in [2.75, 3.05) is 11.5 Å². The highest BCUT2D eigenvalue weighted by Crippen LogP contribution is 2.24. The number of halogens is 1. The maximum atomic E-state index is 13.0. The molecule has 0 saturated carbocycles. The summed E-state index contributed by atoms with van der Waals surface area (Å²) in [7, 11) is -3.08. The first kappa shape index (κ1) is 9.46. The molecule has 68 valence electrons. The summed E-state index contributed by atoms with van der Waals surface area (Å²) in [5.74, 6) is -0.841. The molecule has 0 bridgehead atoms. The van der Waals surface area contributed by atoms with Crippen molar-refractivity contribution in [3.05, 3.63) is 0 Å². The van der Waals surface area contributed by atoms with Crippen LogP contribution in [0, 0.1) is 17.2 Å². The van der Waals surface area contributed by atoms with E-state index in [0.717, 1.165) is 0 Å². The molecule has 0 aromatic carbocycles. The number of nitrogens with zero attached hydrogens (tertiary/aromatic N) is 1. The second-order valence-electron chi connectivity index (χ2n) is 3.04. The highest BCUT2D eigenvalue weighted by atomic mass is 32.2. The number of nitriles is 1. The van der Waals surface area contributed by atoms with Gasteiger partial charge in [0.1, 0.15) is 6.17 Å². The Kier molecular flexibility index (Phi) is 2.68. The van der Waals surface area contributed by atoms with Crippen LogP contribution < -0.4 is 0 Å². The lowest BCUT2D eigenvalue weighted by Gasteiger charge is -2.23. The average Bonchev–Trinajstić information content (AvgIpc) is 1.97. The Morgan fingerprint density at radius 1 is 1.58 bits per heavy atom. The Labute approximate surface area is 71.1 Å². The van der Waals surface area contributed by atoms with Gasteiger partial charge in [-0.25, -0.2) is 12.8 Å². The molecule has 0 radical (unpaired) electrons. The van der Waals surface area contributed by atoms with E-state index in [0.29, 0.717) is 0 Å². The second kappa shape index (κ2) is 3.40. The SMILES string of the molecule is N#CC[C@H]1CS(=O)(=O)CC[C@H]1F. The van der Waals surface area contributed by atoms with E-state index < -0.39 is 21.9 Å². The molecule has 0 aliphatic carbocycles. The van der Waals surface area contributed by atoms with Crippen molar-refractivity contribution in [2.24, 2.45) is 5.92 Å². The van der Waals surface area contributed by atoms with Crippen LogP contribution in [-0.2, 0) is 9.84 Å². The zero-order valence-corrected chi connectivity index (χ0v) is 7.35. The summed E-state index contributed by atoms with van der Waals surface area (Å²) < 4.78 is 35.0. The van der Waals surface area contributed by atoms with Gasteiger partial charge in [-0.15, -0.1) is 0 Å². The smallest absolute Gasteiger partial charge is 0.150 e. The predicted molar refractivity (Wildman–Crippen MR) is 41.9 cm³/mol. The van der Waals surface area contributed by atoms with E-state index in [-0.39, 0.29) is 24.3 Å². The molecule has 0 unspecified atom stereocenters. The van der Waals surface area contributed by atoms with Gasteiger partial charge in [-0.05, 0) is 6.42 Å². The summed E-state index contributed by atoms with van der Waals surface area (Å²) in [5.41, 5.74) is 0. The zero-order valence-electron chi connectivity index (χ0n) is 6.53. The van der Waals surface area contributed by atoms with Gasteiger partial charge in [0.15, 0.2) is 9.84 Å². The molecule has 0 aromatic rings. The van der Waals surface area contributed by atoms with E-state index in [1.54, 1.807) is 6.07 Å². The Hall–Kier alpha value is -0.630. The van der Waals surface area contributed by atoms with Gasteiger partial charge in [-0.2, -0.15) is 5.26 Å². The molecule has 1 fully saturated rings. The lowest BCUT2D eigenvalue weighted by Crippen LogP contribution is -2.33. The monoisotopic (exact) mass is 191 g/mol. The Morgan fingerprint density at radius 2 is 2.25 bits per heavy atom. The van der Waals surface area contributed by atoms with Crippen LogP contribution in [0.1, 0.15) is 12.8 Å². The van der Waals surface area contributed by atoms with E-state index >= 15 is 0 Å². The summed E-state index contributed by atoms with van der Waals surface area (Å²) in [6, 6.07) is 1.80. The third-order valence-electron chi connectivity index (χ3n) is 2.04. The van der Waals surface area contributed by atoms with Crippen molar-refractivity contribution >= 4 is 9.84 Å². The molecule has 1 aliphatic rings. The summed E-state index contributed by atoms with van der Waals surface area (Å²) in [4.78, 5) is 0. The first-order valence-corrected chi connectivity index (χ1v) is 5.59. The largest absolute Gasteiger partial charge is 0.247 e. The van der Waals surface area contributed by atoms with Gasteiger partial charge in [0.25, 0.3) is 0 Å². The van der Waals surface area contributed by atoms with E-state index in [4.69, 9.17) is 5.26 Å². The first-order valence-electron chi connectivity index (χ1n) is 3.76. The predicted octanol–water partition coefficient (Wildman–Crippen LogP) is 0.673. The maximum absolute atomic E-state index is 13.0. The first-order chi connectivity index (χ1) is 5.55. The number of hydrogen-bond acceptors (Lipinski definition) is 3. The van der Waals surface area contributed by atoms with Crippen LogP contribution in [0.3, 0.4) is 0 Å². The van der Waals surface area contributed by atoms with Gasteiger partial charge < -0.3 is 0 Å². The fraction of sp³-hybridized carbons (Fsp3) is 0.857. The highest BCUT2D eigenvalue weighted by molar-refractivity contribution is 7.91. The number of alkyl halides is 1. The Bertz CT molecular complexity index is 293. The summed E-state index contributed by atoms with van der Waals surface area (Å²) in [5, 5.41) is 8.30. The lowest BCUT2D eigenvalue weighted by molar-refractivity contribution is 0.231. The molecule has 1 saturated heterocycles. The summed E-state index contributed by atoms with van der Waals surface area (Å²) in [6.45, 7) is 0. The van der Waals surface area contributed by atoms with Gasteiger partial charge in [0.2, 0.25) is 0 Å². The van der Waals surface area contributed by atoms with Gasteiger partial charge in [-0.1, -0.05) is 0 Å². The van der Waals surface area contributed by atoms with Crippen LogP contribution in [0.2, 0.25) is 0 Å². The summed E-state index contributed by atoms with van der Waals surface area (Å²) >= 11 is 0. The van der Waals surface area contributed by atoms with Gasteiger partial charge in [-0.3, -0.25) is 0 Å². The fourth-order valence-corrected chi connectivity index (χ4v) is 3.08. The molecular formula is C7H10FNO2S. The fourth-order valence-electron chi connectivity index (χ4n) is 1.35. The highest BCUT2D eigenvalue weighted by Gasteiger charge is 2.32. The van der Waals surface area contributed by atoms with Crippen LogP contribution in [0.5, 0.6) is 0 Å². The van der Waals surface area contributed by atoms with Gasteiger partial charge in [0, 0.05) is 12.3 Å². The average molecular weight is 191 g/mol. The van der Waals surface area contributed by atoms with Crippen LogP contribution in [0.15, 0.2) is 0 Å². The number of rotatable bonds is 1. The van der Waals surface area contributed by atoms with Crippen molar-refractivity contribution in [3.8, 4) is 6.07 Å². The molecule has 12 heavy (non-hydrogen) atoms. The van der Waals surface area contributed by atoms with Crippen molar-refractivity contribution in [1.82, 2.24) is 0 Å². The molecule has 0 aromatic heterocycles. The number of sulfone groups is 1.